The van der Waals surface area contributed by atoms with Gasteiger partial charge in [-0.15, -0.1) is 0 Å². The molecule has 0 spiro atoms. The SMILES string of the molecule is CCCC1CC(=O)N(C(=O)c2ccc(C)cc2F)C1. The lowest BCUT2D eigenvalue weighted by molar-refractivity contribution is -0.125. The highest BCUT2D eigenvalue weighted by atomic mass is 19.1. The number of nitrogens with zero attached hydrogens (tertiary/aromatic N) is 1. The monoisotopic (exact) mass is 263 g/mol. The zero-order valence-corrected chi connectivity index (χ0v) is 11.3. The van der Waals surface area contributed by atoms with E-state index in [9.17, 15) is 14.0 Å². The van der Waals surface area contributed by atoms with E-state index in [1.165, 1.54) is 17.0 Å². The molecule has 0 aliphatic carbocycles. The number of carbonyl (C=O) groups is 2. The number of halogens is 1. The predicted octanol–water partition coefficient (Wildman–Crippen LogP) is 2.92. The van der Waals surface area contributed by atoms with Gasteiger partial charge in [0.1, 0.15) is 5.82 Å². The summed E-state index contributed by atoms with van der Waals surface area (Å²) in [5.74, 6) is -1.05. The van der Waals surface area contributed by atoms with Gasteiger partial charge in [0.05, 0.1) is 5.56 Å². The van der Waals surface area contributed by atoms with Crippen molar-refractivity contribution in [3.05, 3.63) is 35.1 Å². The molecule has 0 aromatic heterocycles. The molecular formula is C15H18FNO2. The van der Waals surface area contributed by atoms with E-state index in [4.69, 9.17) is 0 Å². The second-order valence-electron chi connectivity index (χ2n) is 5.15. The first kappa shape index (κ1) is 13.7. The summed E-state index contributed by atoms with van der Waals surface area (Å²) < 4.78 is 13.8. The Morgan fingerprint density at radius 1 is 1.47 bits per heavy atom. The van der Waals surface area contributed by atoms with Crippen LogP contribution in [-0.2, 0) is 4.79 Å². The molecule has 0 saturated carbocycles. The molecule has 0 radical (unpaired) electrons. The van der Waals surface area contributed by atoms with Crippen molar-refractivity contribution in [2.24, 2.45) is 5.92 Å². The van der Waals surface area contributed by atoms with E-state index in [1.807, 2.05) is 0 Å². The minimum absolute atomic E-state index is 0.0175. The van der Waals surface area contributed by atoms with Gasteiger partial charge in [0.15, 0.2) is 0 Å². The van der Waals surface area contributed by atoms with Crippen molar-refractivity contribution in [2.75, 3.05) is 6.54 Å². The van der Waals surface area contributed by atoms with Crippen molar-refractivity contribution in [1.82, 2.24) is 4.90 Å². The van der Waals surface area contributed by atoms with Crippen LogP contribution in [0.4, 0.5) is 4.39 Å². The molecule has 1 atom stereocenters. The van der Waals surface area contributed by atoms with Crippen LogP contribution in [0, 0.1) is 18.7 Å². The Balaban J connectivity index is 2.18. The molecule has 1 fully saturated rings. The van der Waals surface area contributed by atoms with Gasteiger partial charge < -0.3 is 0 Å². The summed E-state index contributed by atoms with van der Waals surface area (Å²) in [6, 6.07) is 4.45. The number of imide groups is 1. The number of aryl methyl sites for hydroxylation is 1. The Bertz CT molecular complexity index is 513. The molecule has 0 bridgehead atoms. The highest BCUT2D eigenvalue weighted by Crippen LogP contribution is 2.24. The van der Waals surface area contributed by atoms with Gasteiger partial charge in [-0.1, -0.05) is 19.4 Å². The van der Waals surface area contributed by atoms with Crippen LogP contribution in [0.25, 0.3) is 0 Å². The van der Waals surface area contributed by atoms with Crippen LogP contribution in [0.2, 0.25) is 0 Å². The minimum Gasteiger partial charge on any atom is -0.278 e. The summed E-state index contributed by atoms with van der Waals surface area (Å²) in [5.41, 5.74) is 0.738. The fourth-order valence-corrected chi connectivity index (χ4v) is 2.52. The predicted molar refractivity (Wildman–Crippen MR) is 70.2 cm³/mol. The third kappa shape index (κ3) is 2.83. The Morgan fingerprint density at radius 2 is 2.21 bits per heavy atom. The van der Waals surface area contributed by atoms with Crippen LogP contribution in [-0.4, -0.2) is 23.3 Å². The Morgan fingerprint density at radius 3 is 2.84 bits per heavy atom. The van der Waals surface area contributed by atoms with E-state index >= 15 is 0 Å². The van der Waals surface area contributed by atoms with Crippen LogP contribution < -0.4 is 0 Å². The van der Waals surface area contributed by atoms with Gasteiger partial charge in [0.2, 0.25) is 5.91 Å². The van der Waals surface area contributed by atoms with Crippen LogP contribution in [0.15, 0.2) is 18.2 Å². The van der Waals surface area contributed by atoms with Crippen LogP contribution in [0.3, 0.4) is 0 Å². The average Bonchev–Trinajstić information content (AvgIpc) is 2.70. The summed E-state index contributed by atoms with van der Waals surface area (Å²) in [4.78, 5) is 25.2. The lowest BCUT2D eigenvalue weighted by Gasteiger charge is -2.15. The lowest BCUT2D eigenvalue weighted by Crippen LogP contribution is -2.33. The molecule has 1 aliphatic heterocycles. The third-order valence-corrected chi connectivity index (χ3v) is 3.50. The number of benzene rings is 1. The first-order chi connectivity index (χ1) is 9.02. The summed E-state index contributed by atoms with van der Waals surface area (Å²) in [6.45, 7) is 4.23. The van der Waals surface area contributed by atoms with Crippen molar-refractivity contribution < 1.29 is 14.0 Å². The third-order valence-electron chi connectivity index (χ3n) is 3.50. The maximum absolute atomic E-state index is 13.8. The quantitative estimate of drug-likeness (QED) is 0.786. The molecule has 4 heteroatoms. The van der Waals surface area contributed by atoms with E-state index in [0.29, 0.717) is 13.0 Å². The van der Waals surface area contributed by atoms with Gasteiger partial charge in [0, 0.05) is 13.0 Å². The van der Waals surface area contributed by atoms with Gasteiger partial charge in [-0.25, -0.2) is 4.39 Å². The fourth-order valence-electron chi connectivity index (χ4n) is 2.52. The van der Waals surface area contributed by atoms with Crippen LogP contribution in [0.5, 0.6) is 0 Å². The molecule has 1 saturated heterocycles. The number of rotatable bonds is 3. The Labute approximate surface area is 112 Å². The summed E-state index contributed by atoms with van der Waals surface area (Å²) >= 11 is 0. The first-order valence-corrected chi connectivity index (χ1v) is 6.63. The fraction of sp³-hybridized carbons (Fsp3) is 0.467. The van der Waals surface area contributed by atoms with Gasteiger partial charge >= 0.3 is 0 Å². The number of carbonyl (C=O) groups excluding carboxylic acids is 2. The summed E-state index contributed by atoms with van der Waals surface area (Å²) in [5, 5.41) is 0. The van der Waals surface area contributed by atoms with Gasteiger partial charge in [-0.2, -0.15) is 0 Å². The number of likely N-dealkylation sites (tertiary alicyclic amines) is 1. The van der Waals surface area contributed by atoms with Gasteiger partial charge in [0.25, 0.3) is 5.91 Å². The number of amides is 2. The van der Waals surface area contributed by atoms with Gasteiger partial charge in [-0.3, -0.25) is 14.5 Å². The van der Waals surface area contributed by atoms with Crippen molar-refractivity contribution in [1.29, 1.82) is 0 Å². The van der Waals surface area contributed by atoms with Gasteiger partial charge in [-0.05, 0) is 37.0 Å². The molecule has 3 nitrogen and oxygen atoms in total. The molecule has 1 unspecified atom stereocenters. The number of hydrogen-bond acceptors (Lipinski definition) is 2. The topological polar surface area (TPSA) is 37.4 Å². The highest BCUT2D eigenvalue weighted by Gasteiger charge is 2.34. The number of hydrogen-bond donors (Lipinski definition) is 0. The molecule has 19 heavy (non-hydrogen) atoms. The van der Waals surface area contributed by atoms with Crippen molar-refractivity contribution in [3.63, 3.8) is 0 Å². The Hall–Kier alpha value is -1.71. The van der Waals surface area contributed by atoms with E-state index in [0.717, 1.165) is 18.4 Å². The van der Waals surface area contributed by atoms with Crippen LogP contribution >= 0.6 is 0 Å². The highest BCUT2D eigenvalue weighted by molar-refractivity contribution is 6.05. The lowest BCUT2D eigenvalue weighted by atomic mass is 10.0. The maximum Gasteiger partial charge on any atom is 0.263 e. The molecule has 1 aromatic carbocycles. The summed E-state index contributed by atoms with van der Waals surface area (Å²) in [6.07, 6.45) is 2.30. The van der Waals surface area contributed by atoms with E-state index in [1.54, 1.807) is 13.0 Å². The molecule has 2 amide bonds. The van der Waals surface area contributed by atoms with E-state index in [2.05, 4.69) is 6.92 Å². The van der Waals surface area contributed by atoms with E-state index in [-0.39, 0.29) is 17.4 Å². The standard InChI is InChI=1S/C15H18FNO2/c1-3-4-11-8-14(18)17(9-11)15(19)12-6-5-10(2)7-13(12)16/h5-7,11H,3-4,8-9H2,1-2H3. The normalized spacial score (nSPS) is 19.0. The zero-order chi connectivity index (χ0) is 14.0. The van der Waals surface area contributed by atoms with Crippen molar-refractivity contribution in [3.8, 4) is 0 Å². The zero-order valence-electron chi connectivity index (χ0n) is 11.3. The second kappa shape index (κ2) is 5.51. The van der Waals surface area contributed by atoms with Crippen molar-refractivity contribution >= 4 is 11.8 Å². The second-order valence-corrected chi connectivity index (χ2v) is 5.15. The minimum atomic E-state index is -0.559. The van der Waals surface area contributed by atoms with E-state index < -0.39 is 11.7 Å². The summed E-state index contributed by atoms with van der Waals surface area (Å²) in [7, 11) is 0. The molecule has 1 heterocycles. The maximum atomic E-state index is 13.8. The van der Waals surface area contributed by atoms with Crippen molar-refractivity contribution in [2.45, 2.75) is 33.1 Å². The average molecular weight is 263 g/mol. The molecule has 1 aliphatic rings. The molecule has 102 valence electrons. The Kier molecular flexibility index (Phi) is 3.98. The molecule has 0 N–H and O–H groups in total. The largest absolute Gasteiger partial charge is 0.278 e. The molecule has 1 aromatic rings. The first-order valence-electron chi connectivity index (χ1n) is 6.63. The molecular weight excluding hydrogens is 245 g/mol. The van der Waals surface area contributed by atoms with Crippen LogP contribution in [0.1, 0.15) is 42.1 Å². The smallest absolute Gasteiger partial charge is 0.263 e. The molecule has 2 rings (SSSR count).